The Bertz CT molecular complexity index is 588. The highest BCUT2D eigenvalue weighted by Gasteiger charge is 1.99. The molecule has 242 valence electrons. The van der Waals surface area contributed by atoms with E-state index in [1.54, 1.807) is 0 Å². The number of nitrogens with two attached hydrogens (primary N) is 1. The number of carbonyl (C=O) groups is 2. The van der Waals surface area contributed by atoms with Crippen LogP contribution >= 0.6 is 0 Å². The summed E-state index contributed by atoms with van der Waals surface area (Å²) in [6.07, 6.45) is 42.8. The molecule has 0 aliphatic carbocycles. The maximum atomic E-state index is 10.8. The first-order chi connectivity index (χ1) is 20.1. The molecule has 0 aromatic heterocycles. The minimum Gasteiger partial charge on any atom is -0.481 e. The summed E-state index contributed by atoms with van der Waals surface area (Å²) in [5.41, 5.74) is 0. The molecule has 0 spiro atoms. The minimum atomic E-state index is -0.664. The fourth-order valence-corrected chi connectivity index (χ4v) is 4.75. The summed E-state index contributed by atoms with van der Waals surface area (Å²) in [4.78, 5) is 25.2. The van der Waals surface area contributed by atoms with Gasteiger partial charge in [-0.05, 0) is 64.2 Å². The Hall–Kier alpha value is -1.62. The molecule has 0 radical (unpaired) electrons. The van der Waals surface area contributed by atoms with Gasteiger partial charge in [0.1, 0.15) is 0 Å². The van der Waals surface area contributed by atoms with Crippen LogP contribution in [0.4, 0.5) is 0 Å². The van der Waals surface area contributed by atoms with E-state index in [2.05, 4.69) is 43.0 Å². The van der Waals surface area contributed by atoms with Gasteiger partial charge in [-0.25, -0.2) is 0 Å². The summed E-state index contributed by atoms with van der Waals surface area (Å²) in [6.45, 7) is 4.52. The van der Waals surface area contributed by atoms with Crippen molar-refractivity contribution in [2.75, 3.05) is 0 Å². The van der Waals surface area contributed by atoms with Gasteiger partial charge in [0, 0.05) is 12.8 Å². The number of aliphatic carboxylic acids is 1. The van der Waals surface area contributed by atoms with E-state index < -0.39 is 5.97 Å². The summed E-state index contributed by atoms with van der Waals surface area (Å²) in [7, 11) is 0. The van der Waals surface area contributed by atoms with Gasteiger partial charge in [0.15, 0.2) is 0 Å². The van der Waals surface area contributed by atoms with Crippen LogP contribution in [0, 0.1) is 0 Å². The van der Waals surface area contributed by atoms with Crippen molar-refractivity contribution in [1.82, 2.24) is 0 Å². The highest BCUT2D eigenvalue weighted by atomic mass is 16.7. The van der Waals surface area contributed by atoms with E-state index in [9.17, 15) is 9.59 Å². The van der Waals surface area contributed by atoms with Crippen LogP contribution < -0.4 is 5.90 Å². The zero-order valence-electron chi connectivity index (χ0n) is 27.4. The van der Waals surface area contributed by atoms with Crippen molar-refractivity contribution in [2.45, 2.75) is 194 Å². The lowest BCUT2D eigenvalue weighted by Gasteiger charge is -2.00. The quantitative estimate of drug-likeness (QED) is 0.0502. The van der Waals surface area contributed by atoms with Gasteiger partial charge in [0.25, 0.3) is 0 Å². The Kier molecular flexibility index (Phi) is 38.9. The average Bonchev–Trinajstić information content (AvgIpc) is 2.97. The number of carboxylic acid groups (broad SMARTS) is 1. The van der Waals surface area contributed by atoms with E-state index in [1.807, 2.05) is 0 Å². The Morgan fingerprint density at radius 1 is 0.488 bits per heavy atom. The molecule has 5 heteroatoms. The second kappa shape index (κ2) is 38.4. The van der Waals surface area contributed by atoms with Crippen LogP contribution in [-0.4, -0.2) is 17.0 Å². The minimum absolute atomic E-state index is 0.298. The first-order valence-electron chi connectivity index (χ1n) is 17.5. The molecule has 0 aromatic carbocycles. The third-order valence-electron chi connectivity index (χ3n) is 7.43. The zero-order chi connectivity index (χ0) is 30.5. The molecule has 0 amide bonds. The van der Waals surface area contributed by atoms with Crippen LogP contribution in [-0.2, 0) is 14.4 Å². The van der Waals surface area contributed by atoms with Crippen molar-refractivity contribution in [1.29, 1.82) is 0 Å². The smallest absolute Gasteiger partial charge is 0.324 e. The van der Waals surface area contributed by atoms with Gasteiger partial charge >= 0.3 is 11.9 Å². The summed E-state index contributed by atoms with van der Waals surface area (Å²) < 4.78 is 0. The predicted octanol–water partition coefficient (Wildman–Crippen LogP) is 11.5. The maximum absolute atomic E-state index is 10.8. The lowest BCUT2D eigenvalue weighted by Crippen LogP contribution is -2.08. The van der Waals surface area contributed by atoms with Crippen molar-refractivity contribution in [3.8, 4) is 0 Å². The van der Waals surface area contributed by atoms with E-state index >= 15 is 0 Å². The fourth-order valence-electron chi connectivity index (χ4n) is 4.75. The van der Waals surface area contributed by atoms with E-state index in [4.69, 9.17) is 11.0 Å². The molecule has 5 nitrogen and oxygen atoms in total. The number of carbonyl (C=O) groups excluding carboxylic acids is 1. The highest BCUT2D eigenvalue weighted by Crippen LogP contribution is 2.11. The number of allylic oxidation sites excluding steroid dienone is 4. The van der Waals surface area contributed by atoms with Crippen LogP contribution in [0.1, 0.15) is 194 Å². The second-order valence-electron chi connectivity index (χ2n) is 11.6. The van der Waals surface area contributed by atoms with E-state index in [1.165, 1.54) is 141 Å². The van der Waals surface area contributed by atoms with Gasteiger partial charge in [-0.3, -0.25) is 9.59 Å². The van der Waals surface area contributed by atoms with E-state index in [0.717, 1.165) is 25.7 Å². The van der Waals surface area contributed by atoms with Crippen LogP contribution in [0.15, 0.2) is 24.3 Å². The van der Waals surface area contributed by atoms with Crippen LogP contribution in [0.5, 0.6) is 0 Å². The summed E-state index contributed by atoms with van der Waals surface area (Å²) in [6, 6.07) is 0. The third kappa shape index (κ3) is 43.0. The molecule has 0 unspecified atom stereocenters. The number of unbranched alkanes of at least 4 members (excludes halogenated alkanes) is 22. The van der Waals surface area contributed by atoms with Gasteiger partial charge in [0.05, 0.1) is 0 Å². The molecule has 0 aliphatic rings. The average molecular weight is 580 g/mol. The molecule has 0 bridgehead atoms. The third-order valence-corrected chi connectivity index (χ3v) is 7.43. The number of hydrogen-bond acceptors (Lipinski definition) is 4. The van der Waals surface area contributed by atoms with E-state index in [-0.39, 0.29) is 5.97 Å². The predicted molar refractivity (Wildman–Crippen MR) is 177 cm³/mol. The van der Waals surface area contributed by atoms with Crippen molar-refractivity contribution < 1.29 is 19.5 Å². The SMILES string of the molecule is CCCCCCCC/C=C\CCCCCCCC(=O)O.CCCCCCCC/C=C\CCCCCCCC(=O)ON. The van der Waals surface area contributed by atoms with Gasteiger partial charge in [-0.15, -0.1) is 0 Å². The van der Waals surface area contributed by atoms with E-state index in [0.29, 0.717) is 12.8 Å². The number of rotatable bonds is 30. The standard InChI is InChI=1S/C18H35NO2.C18H34O2/c1-2-3-4-5-6-7-8-9-10-11-12-13-14-15-16-17-18(20)21-19;1-2-3-4-5-6-7-8-9-10-11-12-13-14-15-16-17-18(19)20/h9-10H,2-8,11-17,19H2,1H3;9-10H,2-8,11-17H2,1H3,(H,19,20)/b2*10-9-. The highest BCUT2D eigenvalue weighted by molar-refractivity contribution is 5.68. The Labute approximate surface area is 255 Å². The molecule has 0 aromatic rings. The monoisotopic (exact) mass is 580 g/mol. The molecule has 0 fully saturated rings. The summed E-state index contributed by atoms with van der Waals surface area (Å²) in [5, 5.41) is 8.51. The number of carboxylic acids is 1. The van der Waals surface area contributed by atoms with Crippen LogP contribution in [0.25, 0.3) is 0 Å². The maximum Gasteiger partial charge on any atom is 0.324 e. The first-order valence-corrected chi connectivity index (χ1v) is 17.5. The molecular weight excluding hydrogens is 510 g/mol. The Morgan fingerprint density at radius 3 is 1.10 bits per heavy atom. The largest absolute Gasteiger partial charge is 0.481 e. The fraction of sp³-hybridized carbons (Fsp3) is 0.833. The van der Waals surface area contributed by atoms with Crippen molar-refractivity contribution in [3.63, 3.8) is 0 Å². The normalized spacial score (nSPS) is 11.2. The van der Waals surface area contributed by atoms with Crippen LogP contribution in [0.3, 0.4) is 0 Å². The summed E-state index contributed by atoms with van der Waals surface area (Å²) in [5.74, 6) is 3.81. The molecule has 41 heavy (non-hydrogen) atoms. The molecule has 0 aliphatic heterocycles. The lowest BCUT2D eigenvalue weighted by atomic mass is 10.1. The van der Waals surface area contributed by atoms with Crippen molar-refractivity contribution >= 4 is 11.9 Å². The molecule has 0 rings (SSSR count). The molecular formula is C36H69NO4. The second-order valence-corrected chi connectivity index (χ2v) is 11.6. The lowest BCUT2D eigenvalue weighted by molar-refractivity contribution is -0.144. The first kappa shape index (κ1) is 41.5. The van der Waals surface area contributed by atoms with Gasteiger partial charge < -0.3 is 9.94 Å². The van der Waals surface area contributed by atoms with Gasteiger partial charge in [-0.1, -0.05) is 141 Å². The van der Waals surface area contributed by atoms with Crippen molar-refractivity contribution in [3.05, 3.63) is 24.3 Å². The molecule has 0 saturated heterocycles. The summed E-state index contributed by atoms with van der Waals surface area (Å²) >= 11 is 0. The Balaban J connectivity index is 0. The van der Waals surface area contributed by atoms with Crippen LogP contribution in [0.2, 0.25) is 0 Å². The molecule has 0 heterocycles. The topological polar surface area (TPSA) is 89.6 Å². The Morgan fingerprint density at radius 2 is 0.780 bits per heavy atom. The van der Waals surface area contributed by atoms with Gasteiger partial charge in [-0.2, -0.15) is 5.90 Å². The molecule has 0 saturated carbocycles. The molecule has 3 N–H and O–H groups in total. The molecule has 0 atom stereocenters. The zero-order valence-corrected chi connectivity index (χ0v) is 27.4. The number of hydrogen-bond donors (Lipinski definition) is 2. The van der Waals surface area contributed by atoms with Crippen molar-refractivity contribution in [2.24, 2.45) is 5.90 Å². The van der Waals surface area contributed by atoms with Gasteiger partial charge in [0.2, 0.25) is 0 Å².